The Bertz CT molecular complexity index is 343. The number of nitrogens with zero attached hydrogens (tertiary/aromatic N) is 2. The number of rotatable bonds is 10. The minimum atomic E-state index is 0.313. The van der Waals surface area contributed by atoms with E-state index in [1.165, 1.54) is 6.42 Å². The summed E-state index contributed by atoms with van der Waals surface area (Å²) in [5, 5.41) is 6.69. The summed E-state index contributed by atoms with van der Waals surface area (Å²) in [6.07, 6.45) is 3.55. The monoisotopic (exact) mass is 342 g/mol. The molecule has 0 aliphatic carbocycles. The maximum atomic E-state index is 5.67. The highest BCUT2D eigenvalue weighted by Crippen LogP contribution is 2.11. The van der Waals surface area contributed by atoms with Gasteiger partial charge in [0.15, 0.2) is 5.96 Å². The third kappa shape index (κ3) is 8.28. The summed E-state index contributed by atoms with van der Waals surface area (Å²) >= 11 is 0. The average Bonchev–Trinajstić information content (AvgIpc) is 3.12. The van der Waals surface area contributed by atoms with E-state index in [1.54, 1.807) is 0 Å². The minimum absolute atomic E-state index is 0.313. The smallest absolute Gasteiger partial charge is 0.191 e. The van der Waals surface area contributed by atoms with Crippen LogP contribution < -0.4 is 10.6 Å². The quantitative estimate of drug-likeness (QED) is 0.342. The maximum absolute atomic E-state index is 5.67. The van der Waals surface area contributed by atoms with Crippen molar-refractivity contribution in [3.8, 4) is 0 Å². The first kappa shape index (κ1) is 19.4. The van der Waals surface area contributed by atoms with E-state index in [9.17, 15) is 0 Å². The molecular weight excluding hydrogens is 308 g/mol. The van der Waals surface area contributed by atoms with Gasteiger partial charge in [-0.05, 0) is 26.2 Å². The number of nitrogens with one attached hydrogen (secondary N) is 2. The van der Waals surface area contributed by atoms with E-state index in [-0.39, 0.29) is 0 Å². The third-order valence-corrected chi connectivity index (χ3v) is 4.21. The lowest BCUT2D eigenvalue weighted by Crippen LogP contribution is -2.44. The Labute approximate surface area is 146 Å². The average molecular weight is 342 g/mol. The molecule has 1 unspecified atom stereocenters. The Hall–Kier alpha value is -0.890. The van der Waals surface area contributed by atoms with Gasteiger partial charge in [-0.2, -0.15) is 0 Å². The molecule has 0 aromatic carbocycles. The standard InChI is InChI=1S/C17H34N4O3/c1-2-18-17(20-7-8-21-9-13-22-14-10-21)19-6-4-11-23-15-16-5-3-12-24-16/h16H,2-15H2,1H3,(H2,18,19,20). The van der Waals surface area contributed by atoms with E-state index in [4.69, 9.17) is 14.2 Å². The van der Waals surface area contributed by atoms with Crippen LogP contribution in [0.2, 0.25) is 0 Å². The van der Waals surface area contributed by atoms with Crippen LogP contribution in [0.1, 0.15) is 26.2 Å². The van der Waals surface area contributed by atoms with Crippen LogP contribution in [0.15, 0.2) is 4.99 Å². The number of ether oxygens (including phenoxy) is 3. The van der Waals surface area contributed by atoms with Gasteiger partial charge in [0.25, 0.3) is 0 Å². The predicted octanol–water partition coefficient (Wildman–Crippen LogP) is 0.459. The molecule has 0 radical (unpaired) electrons. The van der Waals surface area contributed by atoms with Gasteiger partial charge in [-0.1, -0.05) is 0 Å². The van der Waals surface area contributed by atoms with Crippen LogP contribution in [0, 0.1) is 0 Å². The number of guanidine groups is 1. The SMILES string of the molecule is CCNC(=NCCCOCC1CCCO1)NCCN1CCOCC1. The first-order chi connectivity index (χ1) is 11.9. The van der Waals surface area contributed by atoms with Gasteiger partial charge in [-0.3, -0.25) is 9.89 Å². The Morgan fingerprint density at radius 3 is 2.88 bits per heavy atom. The zero-order chi connectivity index (χ0) is 16.9. The van der Waals surface area contributed by atoms with Gasteiger partial charge in [-0.15, -0.1) is 0 Å². The van der Waals surface area contributed by atoms with Crippen molar-refractivity contribution < 1.29 is 14.2 Å². The molecule has 2 heterocycles. The lowest BCUT2D eigenvalue weighted by atomic mass is 10.2. The molecule has 0 amide bonds. The normalized spacial score (nSPS) is 22.7. The number of hydrogen-bond acceptors (Lipinski definition) is 5. The van der Waals surface area contributed by atoms with Crippen molar-refractivity contribution >= 4 is 5.96 Å². The summed E-state index contributed by atoms with van der Waals surface area (Å²) in [4.78, 5) is 7.02. The van der Waals surface area contributed by atoms with Gasteiger partial charge in [0.2, 0.25) is 0 Å². The fraction of sp³-hybridized carbons (Fsp3) is 0.941. The van der Waals surface area contributed by atoms with Crippen LogP contribution in [-0.2, 0) is 14.2 Å². The van der Waals surface area contributed by atoms with E-state index < -0.39 is 0 Å². The molecule has 2 aliphatic heterocycles. The van der Waals surface area contributed by atoms with Crippen molar-refractivity contribution in [1.29, 1.82) is 0 Å². The van der Waals surface area contributed by atoms with E-state index in [1.807, 2.05) is 0 Å². The van der Waals surface area contributed by atoms with Crippen LogP contribution in [0.3, 0.4) is 0 Å². The molecule has 2 rings (SSSR count). The largest absolute Gasteiger partial charge is 0.379 e. The number of morpholine rings is 1. The van der Waals surface area contributed by atoms with Crippen molar-refractivity contribution in [2.75, 3.05) is 72.3 Å². The fourth-order valence-corrected chi connectivity index (χ4v) is 2.85. The molecule has 2 aliphatic rings. The predicted molar refractivity (Wildman–Crippen MR) is 95.7 cm³/mol. The Morgan fingerprint density at radius 2 is 2.12 bits per heavy atom. The molecule has 24 heavy (non-hydrogen) atoms. The summed E-state index contributed by atoms with van der Waals surface area (Å²) in [5.74, 6) is 0.893. The molecule has 0 saturated carbocycles. The lowest BCUT2D eigenvalue weighted by molar-refractivity contribution is 0.0171. The number of aliphatic imine (C=N–C) groups is 1. The zero-order valence-corrected chi connectivity index (χ0v) is 15.1. The summed E-state index contributed by atoms with van der Waals surface area (Å²) in [7, 11) is 0. The summed E-state index contributed by atoms with van der Waals surface area (Å²) in [6.45, 7) is 11.8. The maximum Gasteiger partial charge on any atom is 0.191 e. The lowest BCUT2D eigenvalue weighted by Gasteiger charge is -2.26. The fourth-order valence-electron chi connectivity index (χ4n) is 2.85. The van der Waals surface area contributed by atoms with Crippen molar-refractivity contribution in [3.63, 3.8) is 0 Å². The minimum Gasteiger partial charge on any atom is -0.379 e. The van der Waals surface area contributed by atoms with Crippen LogP contribution in [-0.4, -0.2) is 89.3 Å². The van der Waals surface area contributed by atoms with Crippen molar-refractivity contribution in [2.45, 2.75) is 32.3 Å². The second-order valence-corrected chi connectivity index (χ2v) is 6.20. The molecular formula is C17H34N4O3. The first-order valence-corrected chi connectivity index (χ1v) is 9.40. The van der Waals surface area contributed by atoms with Gasteiger partial charge < -0.3 is 24.8 Å². The van der Waals surface area contributed by atoms with E-state index in [0.29, 0.717) is 6.10 Å². The van der Waals surface area contributed by atoms with E-state index >= 15 is 0 Å². The van der Waals surface area contributed by atoms with Crippen LogP contribution in [0.25, 0.3) is 0 Å². The highest BCUT2D eigenvalue weighted by Gasteiger charge is 2.14. The number of hydrogen-bond donors (Lipinski definition) is 2. The zero-order valence-electron chi connectivity index (χ0n) is 15.1. The highest BCUT2D eigenvalue weighted by molar-refractivity contribution is 5.79. The molecule has 140 valence electrons. The summed E-state index contributed by atoms with van der Waals surface area (Å²) < 4.78 is 16.6. The van der Waals surface area contributed by atoms with Crippen molar-refractivity contribution in [1.82, 2.24) is 15.5 Å². The van der Waals surface area contributed by atoms with Gasteiger partial charge in [-0.25, -0.2) is 0 Å². The highest BCUT2D eigenvalue weighted by atomic mass is 16.5. The van der Waals surface area contributed by atoms with Gasteiger partial charge in [0, 0.05) is 52.5 Å². The molecule has 7 heteroatoms. The van der Waals surface area contributed by atoms with Crippen LogP contribution in [0.5, 0.6) is 0 Å². The molecule has 1 atom stereocenters. The van der Waals surface area contributed by atoms with Crippen LogP contribution in [0.4, 0.5) is 0 Å². The van der Waals surface area contributed by atoms with Crippen molar-refractivity contribution in [3.05, 3.63) is 0 Å². The Balaban J connectivity index is 1.52. The third-order valence-electron chi connectivity index (χ3n) is 4.21. The van der Waals surface area contributed by atoms with Gasteiger partial charge in [0.1, 0.15) is 0 Å². The van der Waals surface area contributed by atoms with E-state index in [0.717, 1.165) is 91.1 Å². The Morgan fingerprint density at radius 1 is 1.25 bits per heavy atom. The van der Waals surface area contributed by atoms with E-state index in [2.05, 4.69) is 27.4 Å². The molecule has 2 saturated heterocycles. The topological polar surface area (TPSA) is 67.4 Å². The summed E-state index contributed by atoms with van der Waals surface area (Å²) in [5.41, 5.74) is 0. The molecule has 7 nitrogen and oxygen atoms in total. The molecule has 2 fully saturated rings. The summed E-state index contributed by atoms with van der Waals surface area (Å²) in [6, 6.07) is 0. The molecule has 2 N–H and O–H groups in total. The van der Waals surface area contributed by atoms with Crippen molar-refractivity contribution in [2.24, 2.45) is 4.99 Å². The Kier molecular flexibility index (Phi) is 10.1. The van der Waals surface area contributed by atoms with Crippen LogP contribution >= 0.6 is 0 Å². The van der Waals surface area contributed by atoms with Gasteiger partial charge >= 0.3 is 0 Å². The van der Waals surface area contributed by atoms with Gasteiger partial charge in [0.05, 0.1) is 25.9 Å². The first-order valence-electron chi connectivity index (χ1n) is 9.40. The molecule has 0 aromatic rings. The second-order valence-electron chi connectivity index (χ2n) is 6.20. The molecule has 0 bridgehead atoms. The molecule has 0 spiro atoms. The molecule has 0 aromatic heterocycles. The second kappa shape index (κ2) is 12.5.